The SMILES string of the molecule is CCN1c2ccc(/C=C(\C#N)C(=O)NCCc3c[nH]c4ccccc34)cc2C(C)=CC1(C)C. The highest BCUT2D eigenvalue weighted by Gasteiger charge is 2.30. The van der Waals surface area contributed by atoms with Gasteiger partial charge in [0, 0.05) is 41.4 Å². The molecule has 1 aliphatic rings. The number of H-pyrrole nitrogens is 1. The van der Waals surface area contributed by atoms with Crippen LogP contribution in [0.5, 0.6) is 0 Å². The number of nitriles is 1. The third-order valence-electron chi connectivity index (χ3n) is 6.35. The number of aromatic amines is 1. The summed E-state index contributed by atoms with van der Waals surface area (Å²) in [6.45, 7) is 10.1. The number of allylic oxidation sites excluding steroid dienone is 1. The van der Waals surface area contributed by atoms with E-state index in [0.29, 0.717) is 13.0 Å². The zero-order chi connectivity index (χ0) is 23.6. The second-order valence-corrected chi connectivity index (χ2v) is 9.04. The summed E-state index contributed by atoms with van der Waals surface area (Å²) in [5.41, 5.74) is 6.66. The fourth-order valence-corrected chi connectivity index (χ4v) is 4.83. The number of amides is 1. The molecule has 5 nitrogen and oxygen atoms in total. The predicted octanol–water partition coefficient (Wildman–Crippen LogP) is 5.46. The van der Waals surface area contributed by atoms with E-state index in [9.17, 15) is 10.1 Å². The lowest BCUT2D eigenvalue weighted by Crippen LogP contribution is -2.44. The highest BCUT2D eigenvalue weighted by atomic mass is 16.1. The summed E-state index contributed by atoms with van der Waals surface area (Å²) in [5.74, 6) is -0.348. The van der Waals surface area contributed by atoms with Gasteiger partial charge in [-0.25, -0.2) is 0 Å². The van der Waals surface area contributed by atoms with Crippen LogP contribution in [0, 0.1) is 11.3 Å². The first-order valence-electron chi connectivity index (χ1n) is 11.4. The molecule has 2 N–H and O–H groups in total. The molecule has 0 saturated carbocycles. The first-order valence-corrected chi connectivity index (χ1v) is 11.4. The molecular weight excluding hydrogens is 408 g/mol. The van der Waals surface area contributed by atoms with E-state index in [1.54, 1.807) is 6.08 Å². The zero-order valence-corrected chi connectivity index (χ0v) is 19.7. The molecule has 33 heavy (non-hydrogen) atoms. The van der Waals surface area contributed by atoms with E-state index >= 15 is 0 Å². The first kappa shape index (κ1) is 22.4. The Morgan fingerprint density at radius 1 is 1.24 bits per heavy atom. The van der Waals surface area contributed by atoms with E-state index in [0.717, 1.165) is 34.1 Å². The summed E-state index contributed by atoms with van der Waals surface area (Å²) in [6.07, 6.45) is 6.61. The van der Waals surface area contributed by atoms with Gasteiger partial charge in [0.05, 0.1) is 5.54 Å². The highest BCUT2D eigenvalue weighted by Crippen LogP contribution is 2.39. The average Bonchev–Trinajstić information content (AvgIpc) is 3.20. The summed E-state index contributed by atoms with van der Waals surface area (Å²) >= 11 is 0. The van der Waals surface area contributed by atoms with E-state index < -0.39 is 0 Å². The van der Waals surface area contributed by atoms with Crippen LogP contribution in [0.2, 0.25) is 0 Å². The van der Waals surface area contributed by atoms with Crippen molar-refractivity contribution in [3.05, 3.63) is 77.0 Å². The molecule has 0 spiro atoms. The van der Waals surface area contributed by atoms with Crippen LogP contribution < -0.4 is 10.2 Å². The lowest BCUT2D eigenvalue weighted by Gasteiger charge is -2.42. The van der Waals surface area contributed by atoms with Gasteiger partial charge in [-0.3, -0.25) is 4.79 Å². The lowest BCUT2D eigenvalue weighted by molar-refractivity contribution is -0.117. The van der Waals surface area contributed by atoms with Gasteiger partial charge in [0.1, 0.15) is 11.6 Å². The number of para-hydroxylation sites is 1. The maximum atomic E-state index is 12.7. The van der Waals surface area contributed by atoms with Gasteiger partial charge in [-0.2, -0.15) is 5.26 Å². The van der Waals surface area contributed by atoms with Gasteiger partial charge in [0.15, 0.2) is 0 Å². The van der Waals surface area contributed by atoms with Crippen LogP contribution in [-0.4, -0.2) is 29.5 Å². The number of anilines is 1. The molecule has 0 radical (unpaired) electrons. The van der Waals surface area contributed by atoms with Crippen molar-refractivity contribution in [1.29, 1.82) is 5.26 Å². The van der Waals surface area contributed by atoms with Crippen molar-refractivity contribution in [2.24, 2.45) is 0 Å². The number of aromatic nitrogens is 1. The van der Waals surface area contributed by atoms with Crippen LogP contribution in [0.3, 0.4) is 0 Å². The summed E-state index contributed by atoms with van der Waals surface area (Å²) in [6, 6.07) is 16.3. The number of carbonyl (C=O) groups is 1. The van der Waals surface area contributed by atoms with Gasteiger partial charge in [-0.15, -0.1) is 0 Å². The molecule has 168 valence electrons. The molecule has 0 fully saturated rings. The third-order valence-corrected chi connectivity index (χ3v) is 6.35. The number of fused-ring (bicyclic) bond motifs is 2. The topological polar surface area (TPSA) is 71.9 Å². The van der Waals surface area contributed by atoms with Crippen molar-refractivity contribution < 1.29 is 4.79 Å². The molecule has 1 amide bonds. The minimum atomic E-state index is -0.348. The van der Waals surface area contributed by atoms with Gasteiger partial charge in [-0.1, -0.05) is 30.3 Å². The second-order valence-electron chi connectivity index (χ2n) is 9.04. The van der Waals surface area contributed by atoms with Gasteiger partial charge in [0.25, 0.3) is 5.91 Å². The van der Waals surface area contributed by atoms with Gasteiger partial charge >= 0.3 is 0 Å². The number of hydrogen-bond acceptors (Lipinski definition) is 3. The minimum Gasteiger partial charge on any atom is -0.363 e. The Labute approximate surface area is 195 Å². The monoisotopic (exact) mass is 438 g/mol. The Morgan fingerprint density at radius 2 is 2.03 bits per heavy atom. The number of nitrogens with zero attached hydrogens (tertiary/aromatic N) is 2. The maximum Gasteiger partial charge on any atom is 0.261 e. The number of hydrogen-bond donors (Lipinski definition) is 2. The zero-order valence-electron chi connectivity index (χ0n) is 19.7. The van der Waals surface area contributed by atoms with Crippen LogP contribution in [0.25, 0.3) is 22.6 Å². The fraction of sp³-hybridized carbons (Fsp3) is 0.286. The van der Waals surface area contributed by atoms with Crippen LogP contribution >= 0.6 is 0 Å². The molecule has 0 saturated heterocycles. The summed E-state index contributed by atoms with van der Waals surface area (Å²) < 4.78 is 0. The molecule has 1 aliphatic heterocycles. The van der Waals surface area contributed by atoms with Crippen LogP contribution in [-0.2, 0) is 11.2 Å². The average molecular weight is 439 g/mol. The van der Waals surface area contributed by atoms with Crippen LogP contribution in [0.4, 0.5) is 5.69 Å². The second kappa shape index (κ2) is 8.99. The Balaban J connectivity index is 1.49. The molecule has 2 aromatic carbocycles. The smallest absolute Gasteiger partial charge is 0.261 e. The number of rotatable bonds is 6. The normalized spacial score (nSPS) is 15.1. The Kier molecular flexibility index (Phi) is 6.11. The highest BCUT2D eigenvalue weighted by molar-refractivity contribution is 6.02. The quantitative estimate of drug-likeness (QED) is 0.397. The summed E-state index contributed by atoms with van der Waals surface area (Å²) in [4.78, 5) is 18.3. The first-order chi connectivity index (χ1) is 15.8. The largest absolute Gasteiger partial charge is 0.363 e. The summed E-state index contributed by atoms with van der Waals surface area (Å²) in [5, 5.41) is 13.7. The Hall–Kier alpha value is -3.78. The molecular formula is C28H30N4O. The number of benzene rings is 2. The molecule has 5 heteroatoms. The fourth-order valence-electron chi connectivity index (χ4n) is 4.83. The maximum absolute atomic E-state index is 12.7. The van der Waals surface area contributed by atoms with Crippen LogP contribution in [0.15, 0.2) is 60.3 Å². The standard InChI is InChI=1S/C28H30N4O/c1-5-32-26-11-10-20(15-24(26)19(2)16-28(32,3)4)14-22(17-29)27(33)30-13-12-21-18-31-25-9-7-6-8-23(21)25/h6-11,14-16,18,31H,5,12-13H2,1-4H3,(H,30,33)/b22-14+. The van der Waals surface area contributed by atoms with Crippen molar-refractivity contribution in [2.45, 2.75) is 39.7 Å². The minimum absolute atomic E-state index is 0.0499. The molecule has 0 aliphatic carbocycles. The van der Waals surface area contributed by atoms with Crippen molar-refractivity contribution in [3.63, 3.8) is 0 Å². The van der Waals surface area contributed by atoms with E-state index in [1.165, 1.54) is 11.3 Å². The molecule has 2 heterocycles. The number of likely N-dealkylation sites (N-methyl/N-ethyl adjacent to an activating group) is 1. The van der Waals surface area contributed by atoms with E-state index in [1.807, 2.05) is 30.5 Å². The Morgan fingerprint density at radius 3 is 2.79 bits per heavy atom. The van der Waals surface area contributed by atoms with E-state index in [4.69, 9.17) is 0 Å². The molecule has 0 unspecified atom stereocenters. The lowest BCUT2D eigenvalue weighted by atomic mass is 9.88. The third kappa shape index (κ3) is 4.42. The molecule has 0 atom stereocenters. The Bertz CT molecular complexity index is 1300. The number of nitrogens with one attached hydrogen (secondary N) is 2. The molecule has 4 rings (SSSR count). The van der Waals surface area contributed by atoms with Crippen molar-refractivity contribution in [1.82, 2.24) is 10.3 Å². The molecule has 0 bridgehead atoms. The predicted molar refractivity (Wildman–Crippen MR) is 136 cm³/mol. The van der Waals surface area contributed by atoms with E-state index in [-0.39, 0.29) is 17.0 Å². The van der Waals surface area contributed by atoms with Crippen molar-refractivity contribution in [3.8, 4) is 6.07 Å². The van der Waals surface area contributed by atoms with Crippen molar-refractivity contribution in [2.75, 3.05) is 18.0 Å². The van der Waals surface area contributed by atoms with Gasteiger partial charge in [-0.05, 0) is 75.1 Å². The van der Waals surface area contributed by atoms with E-state index in [2.05, 4.69) is 73.2 Å². The van der Waals surface area contributed by atoms with Crippen molar-refractivity contribution >= 4 is 34.1 Å². The van der Waals surface area contributed by atoms with Crippen LogP contribution in [0.1, 0.15) is 44.4 Å². The van der Waals surface area contributed by atoms with Gasteiger partial charge < -0.3 is 15.2 Å². The summed E-state index contributed by atoms with van der Waals surface area (Å²) in [7, 11) is 0. The molecule has 3 aromatic rings. The number of carbonyl (C=O) groups excluding carboxylic acids is 1. The van der Waals surface area contributed by atoms with Gasteiger partial charge in [0.2, 0.25) is 0 Å². The molecule has 1 aromatic heterocycles.